The fourth-order valence-electron chi connectivity index (χ4n) is 0.623. The van der Waals surface area contributed by atoms with E-state index in [9.17, 15) is 4.57 Å². The lowest BCUT2D eigenvalue weighted by Gasteiger charge is -2.08. The first-order valence-electron chi connectivity index (χ1n) is 3.44. The second-order valence-electron chi connectivity index (χ2n) is 2.18. The SMILES string of the molecule is CC=CCP(C)(=O)OCC. The molecule has 0 aliphatic rings. The van der Waals surface area contributed by atoms with Gasteiger partial charge in [0.1, 0.15) is 0 Å². The largest absolute Gasteiger partial charge is 0.329 e. The lowest BCUT2D eigenvalue weighted by molar-refractivity contribution is 0.339. The van der Waals surface area contributed by atoms with Crippen LogP contribution in [-0.2, 0) is 9.09 Å². The molecule has 1 atom stereocenters. The lowest BCUT2D eigenvalue weighted by Crippen LogP contribution is -1.90. The van der Waals surface area contributed by atoms with Gasteiger partial charge in [-0.25, -0.2) is 0 Å². The second kappa shape index (κ2) is 4.70. The van der Waals surface area contributed by atoms with Gasteiger partial charge in [0.15, 0.2) is 0 Å². The third-order valence-electron chi connectivity index (χ3n) is 1.07. The first kappa shape index (κ1) is 9.93. The zero-order chi connectivity index (χ0) is 8.04. The van der Waals surface area contributed by atoms with Crippen molar-refractivity contribution in [2.24, 2.45) is 0 Å². The van der Waals surface area contributed by atoms with Crippen LogP contribution >= 0.6 is 7.37 Å². The van der Waals surface area contributed by atoms with Gasteiger partial charge in [-0.3, -0.25) is 4.57 Å². The minimum Gasteiger partial charge on any atom is -0.329 e. The second-order valence-corrected chi connectivity index (χ2v) is 4.84. The Morgan fingerprint density at radius 2 is 2.20 bits per heavy atom. The van der Waals surface area contributed by atoms with Crippen LogP contribution in [-0.4, -0.2) is 19.4 Å². The summed E-state index contributed by atoms with van der Waals surface area (Å²) in [6.45, 7) is 5.96. The van der Waals surface area contributed by atoms with Crippen molar-refractivity contribution in [3.05, 3.63) is 12.2 Å². The van der Waals surface area contributed by atoms with Gasteiger partial charge >= 0.3 is 0 Å². The maximum absolute atomic E-state index is 11.3. The molecule has 0 heterocycles. The average molecular weight is 162 g/mol. The van der Waals surface area contributed by atoms with Crippen LogP contribution < -0.4 is 0 Å². The summed E-state index contributed by atoms with van der Waals surface area (Å²) in [7, 11) is -2.30. The van der Waals surface area contributed by atoms with E-state index in [1.165, 1.54) is 0 Å². The lowest BCUT2D eigenvalue weighted by atomic mass is 10.6. The van der Waals surface area contributed by atoms with Crippen LogP contribution in [0, 0.1) is 0 Å². The van der Waals surface area contributed by atoms with Crippen molar-refractivity contribution in [2.75, 3.05) is 19.4 Å². The van der Waals surface area contributed by atoms with E-state index in [4.69, 9.17) is 4.52 Å². The maximum Gasteiger partial charge on any atom is 0.203 e. The van der Waals surface area contributed by atoms with Gasteiger partial charge in [-0.1, -0.05) is 12.2 Å². The van der Waals surface area contributed by atoms with Crippen molar-refractivity contribution in [1.82, 2.24) is 0 Å². The fourth-order valence-corrected chi connectivity index (χ4v) is 1.87. The molecule has 0 bridgehead atoms. The van der Waals surface area contributed by atoms with Gasteiger partial charge in [0, 0.05) is 12.8 Å². The van der Waals surface area contributed by atoms with E-state index in [0.29, 0.717) is 12.8 Å². The summed E-state index contributed by atoms with van der Waals surface area (Å²) in [5, 5.41) is 0. The van der Waals surface area contributed by atoms with Gasteiger partial charge in [-0.15, -0.1) is 0 Å². The van der Waals surface area contributed by atoms with E-state index in [0.717, 1.165) is 0 Å². The molecule has 0 aliphatic heterocycles. The van der Waals surface area contributed by atoms with Gasteiger partial charge in [0.2, 0.25) is 7.37 Å². The highest BCUT2D eigenvalue weighted by molar-refractivity contribution is 7.58. The molecule has 0 amide bonds. The summed E-state index contributed by atoms with van der Waals surface area (Å²) in [5.74, 6) is 0. The van der Waals surface area contributed by atoms with Crippen molar-refractivity contribution >= 4 is 7.37 Å². The van der Waals surface area contributed by atoms with Crippen LogP contribution in [0.25, 0.3) is 0 Å². The van der Waals surface area contributed by atoms with Crippen molar-refractivity contribution in [3.63, 3.8) is 0 Å². The Hall–Kier alpha value is -0.0700. The number of hydrogen-bond donors (Lipinski definition) is 0. The first-order valence-corrected chi connectivity index (χ1v) is 5.70. The summed E-state index contributed by atoms with van der Waals surface area (Å²) < 4.78 is 16.3. The van der Waals surface area contributed by atoms with Crippen molar-refractivity contribution < 1.29 is 9.09 Å². The predicted molar refractivity (Wildman–Crippen MR) is 44.8 cm³/mol. The Balaban J connectivity index is 3.75. The van der Waals surface area contributed by atoms with Crippen LogP contribution in [0.4, 0.5) is 0 Å². The van der Waals surface area contributed by atoms with E-state index < -0.39 is 7.37 Å². The summed E-state index contributed by atoms with van der Waals surface area (Å²) in [4.78, 5) is 0. The Labute approximate surface area is 62.7 Å². The molecule has 0 rings (SSSR count). The summed E-state index contributed by atoms with van der Waals surface area (Å²) in [6, 6.07) is 0. The van der Waals surface area contributed by atoms with Gasteiger partial charge in [-0.05, 0) is 13.8 Å². The third kappa shape index (κ3) is 4.78. The van der Waals surface area contributed by atoms with E-state index in [1.807, 2.05) is 26.0 Å². The zero-order valence-electron chi connectivity index (χ0n) is 6.83. The van der Waals surface area contributed by atoms with Crippen LogP contribution in [0.1, 0.15) is 13.8 Å². The first-order chi connectivity index (χ1) is 4.62. The number of allylic oxidation sites excluding steroid dienone is 2. The molecule has 0 aliphatic carbocycles. The molecule has 0 N–H and O–H groups in total. The fraction of sp³-hybridized carbons (Fsp3) is 0.714. The number of hydrogen-bond acceptors (Lipinski definition) is 2. The zero-order valence-corrected chi connectivity index (χ0v) is 7.73. The predicted octanol–water partition coefficient (Wildman–Crippen LogP) is 2.51. The molecule has 1 unspecified atom stereocenters. The molecule has 0 saturated heterocycles. The molecule has 0 aromatic heterocycles. The highest BCUT2D eigenvalue weighted by Crippen LogP contribution is 2.41. The topological polar surface area (TPSA) is 26.3 Å². The standard InChI is InChI=1S/C7H15O2P/c1-4-6-7-10(3,8)9-5-2/h4,6H,5,7H2,1-3H3. The Bertz CT molecular complexity index is 152. The quantitative estimate of drug-likeness (QED) is 0.469. The van der Waals surface area contributed by atoms with Crippen LogP contribution in [0.2, 0.25) is 0 Å². The van der Waals surface area contributed by atoms with Crippen LogP contribution in [0.15, 0.2) is 12.2 Å². The van der Waals surface area contributed by atoms with Gasteiger partial charge in [0.25, 0.3) is 0 Å². The minimum absolute atomic E-state index is 0.533. The molecule has 2 nitrogen and oxygen atoms in total. The molecule has 0 spiro atoms. The van der Waals surface area contributed by atoms with Crippen LogP contribution in [0.5, 0.6) is 0 Å². The molecule has 10 heavy (non-hydrogen) atoms. The molecule has 0 saturated carbocycles. The van der Waals surface area contributed by atoms with Crippen molar-refractivity contribution in [2.45, 2.75) is 13.8 Å². The third-order valence-corrected chi connectivity index (χ3v) is 2.75. The van der Waals surface area contributed by atoms with Gasteiger partial charge in [-0.2, -0.15) is 0 Å². The summed E-state index contributed by atoms with van der Waals surface area (Å²) in [5.41, 5.74) is 0. The smallest absolute Gasteiger partial charge is 0.203 e. The Morgan fingerprint density at radius 1 is 1.60 bits per heavy atom. The molecule has 0 aromatic rings. The summed E-state index contributed by atoms with van der Waals surface area (Å²) in [6.07, 6.45) is 4.31. The van der Waals surface area contributed by atoms with Crippen molar-refractivity contribution in [1.29, 1.82) is 0 Å². The van der Waals surface area contributed by atoms with E-state index in [-0.39, 0.29) is 0 Å². The van der Waals surface area contributed by atoms with Gasteiger partial charge in [0.05, 0.1) is 6.61 Å². The molecular formula is C7H15O2P. The Morgan fingerprint density at radius 3 is 2.60 bits per heavy atom. The monoisotopic (exact) mass is 162 g/mol. The minimum atomic E-state index is -2.30. The molecule has 3 heteroatoms. The van der Waals surface area contributed by atoms with Crippen LogP contribution in [0.3, 0.4) is 0 Å². The van der Waals surface area contributed by atoms with E-state index in [2.05, 4.69) is 0 Å². The molecule has 60 valence electrons. The maximum atomic E-state index is 11.3. The van der Waals surface area contributed by atoms with Gasteiger partial charge < -0.3 is 4.52 Å². The molecule has 0 fully saturated rings. The van der Waals surface area contributed by atoms with E-state index in [1.54, 1.807) is 6.66 Å². The highest BCUT2D eigenvalue weighted by atomic mass is 31.2. The molecule has 0 aromatic carbocycles. The normalized spacial score (nSPS) is 17.5. The molecular weight excluding hydrogens is 147 g/mol. The number of rotatable bonds is 4. The highest BCUT2D eigenvalue weighted by Gasteiger charge is 2.10. The molecule has 0 radical (unpaired) electrons. The summed E-state index contributed by atoms with van der Waals surface area (Å²) >= 11 is 0. The van der Waals surface area contributed by atoms with E-state index >= 15 is 0 Å². The Kier molecular flexibility index (Phi) is 4.67. The average Bonchev–Trinajstić information content (AvgIpc) is 1.84. The van der Waals surface area contributed by atoms with Crippen molar-refractivity contribution in [3.8, 4) is 0 Å².